The molecule has 168 valence electrons. The summed E-state index contributed by atoms with van der Waals surface area (Å²) in [5, 5.41) is 7.52. The first kappa shape index (κ1) is 21.6. The van der Waals surface area contributed by atoms with E-state index in [9.17, 15) is 9.59 Å². The molecule has 3 aromatic carbocycles. The second-order valence-electron chi connectivity index (χ2n) is 7.62. The molecule has 0 unspecified atom stereocenters. The third-order valence-corrected chi connectivity index (χ3v) is 6.39. The number of carbonyl (C=O) groups excluding carboxylic acids is 1. The van der Waals surface area contributed by atoms with Gasteiger partial charge in [-0.3, -0.25) is 9.59 Å². The van der Waals surface area contributed by atoms with Crippen LogP contribution in [-0.2, 0) is 6.54 Å². The summed E-state index contributed by atoms with van der Waals surface area (Å²) < 4.78 is 6.58. The number of rotatable bonds is 6. The minimum absolute atomic E-state index is 0.214. The Morgan fingerprint density at radius 3 is 2.29 bits per heavy atom. The van der Waals surface area contributed by atoms with Crippen LogP contribution in [0.25, 0.3) is 16.5 Å². The van der Waals surface area contributed by atoms with Gasteiger partial charge in [0, 0.05) is 16.0 Å². The molecule has 34 heavy (non-hydrogen) atoms. The molecule has 5 aromatic rings. The Hall–Kier alpha value is -4.23. The summed E-state index contributed by atoms with van der Waals surface area (Å²) in [6, 6.07) is 27.5. The third-order valence-electron chi connectivity index (χ3n) is 5.53. The van der Waals surface area contributed by atoms with Gasteiger partial charge in [0.05, 0.1) is 24.7 Å². The van der Waals surface area contributed by atoms with E-state index in [1.165, 1.54) is 4.68 Å². The molecule has 0 saturated heterocycles. The monoisotopic (exact) mass is 467 g/mol. The van der Waals surface area contributed by atoms with Crippen molar-refractivity contribution >= 4 is 33.7 Å². The minimum atomic E-state index is -0.292. The molecule has 0 aliphatic rings. The van der Waals surface area contributed by atoms with Gasteiger partial charge in [0.2, 0.25) is 0 Å². The van der Waals surface area contributed by atoms with E-state index in [-0.39, 0.29) is 17.2 Å². The van der Waals surface area contributed by atoms with Crippen molar-refractivity contribution in [1.82, 2.24) is 9.78 Å². The Balaban J connectivity index is 1.68. The predicted molar refractivity (Wildman–Crippen MR) is 135 cm³/mol. The van der Waals surface area contributed by atoms with Crippen LogP contribution < -0.4 is 15.2 Å². The zero-order valence-corrected chi connectivity index (χ0v) is 19.2. The van der Waals surface area contributed by atoms with E-state index in [2.05, 4.69) is 5.10 Å². The van der Waals surface area contributed by atoms with Gasteiger partial charge in [-0.05, 0) is 53.9 Å². The standard InChI is InChI=1S/C27H21N3O3S/c1-33-21-15-13-19(14-16-21)29(18-22-10-7-17-34-22)27(32)25-23-11-5-6-12-24(23)26(31)30(28-25)20-8-3-2-4-9-20/h2-17H,18H2,1H3. The molecule has 0 fully saturated rings. The van der Waals surface area contributed by atoms with Crippen molar-refractivity contribution in [2.45, 2.75) is 6.54 Å². The summed E-state index contributed by atoms with van der Waals surface area (Å²) in [7, 11) is 1.60. The maximum Gasteiger partial charge on any atom is 0.279 e. The van der Waals surface area contributed by atoms with Gasteiger partial charge in [0.25, 0.3) is 11.5 Å². The topological polar surface area (TPSA) is 64.4 Å². The van der Waals surface area contributed by atoms with Crippen molar-refractivity contribution in [2.24, 2.45) is 0 Å². The number of hydrogen-bond acceptors (Lipinski definition) is 5. The number of nitrogens with zero attached hydrogens (tertiary/aromatic N) is 3. The average molecular weight is 468 g/mol. The molecule has 1 amide bonds. The van der Waals surface area contributed by atoms with Crippen LogP contribution in [-0.4, -0.2) is 22.8 Å². The lowest BCUT2D eigenvalue weighted by Crippen LogP contribution is -2.33. The Morgan fingerprint density at radius 2 is 1.62 bits per heavy atom. The van der Waals surface area contributed by atoms with Crippen LogP contribution in [0.3, 0.4) is 0 Å². The normalized spacial score (nSPS) is 10.9. The predicted octanol–water partition coefficient (Wildman–Crippen LogP) is 5.30. The SMILES string of the molecule is COc1ccc(N(Cc2cccs2)C(=O)c2nn(-c3ccccc3)c(=O)c3ccccc23)cc1. The summed E-state index contributed by atoms with van der Waals surface area (Å²) in [5.74, 6) is 0.410. The van der Waals surface area contributed by atoms with Crippen LogP contribution in [0, 0.1) is 0 Å². The van der Waals surface area contributed by atoms with Crippen LogP contribution in [0.1, 0.15) is 15.4 Å². The average Bonchev–Trinajstić information content (AvgIpc) is 3.41. The highest BCUT2D eigenvalue weighted by Crippen LogP contribution is 2.26. The second-order valence-corrected chi connectivity index (χ2v) is 8.65. The van der Waals surface area contributed by atoms with Crippen LogP contribution in [0.4, 0.5) is 5.69 Å². The van der Waals surface area contributed by atoms with Crippen LogP contribution in [0.2, 0.25) is 0 Å². The van der Waals surface area contributed by atoms with E-state index in [1.807, 2.05) is 66.0 Å². The minimum Gasteiger partial charge on any atom is -0.497 e. The van der Waals surface area contributed by atoms with E-state index in [4.69, 9.17) is 4.74 Å². The second kappa shape index (κ2) is 9.33. The highest BCUT2D eigenvalue weighted by molar-refractivity contribution is 7.09. The van der Waals surface area contributed by atoms with Gasteiger partial charge in [-0.25, -0.2) is 0 Å². The fraction of sp³-hybridized carbons (Fsp3) is 0.0741. The molecule has 2 heterocycles. The number of anilines is 1. The van der Waals surface area contributed by atoms with Crippen molar-refractivity contribution in [3.8, 4) is 11.4 Å². The molecule has 6 nitrogen and oxygen atoms in total. The highest BCUT2D eigenvalue weighted by Gasteiger charge is 2.24. The van der Waals surface area contributed by atoms with Crippen LogP contribution in [0.5, 0.6) is 5.75 Å². The van der Waals surface area contributed by atoms with E-state index >= 15 is 0 Å². The number of carbonyl (C=O) groups is 1. The number of hydrogen-bond donors (Lipinski definition) is 0. The number of amides is 1. The van der Waals surface area contributed by atoms with Gasteiger partial charge in [0.15, 0.2) is 5.69 Å². The van der Waals surface area contributed by atoms with E-state index in [0.717, 1.165) is 4.88 Å². The van der Waals surface area contributed by atoms with Crippen molar-refractivity contribution in [1.29, 1.82) is 0 Å². The Kier molecular flexibility index (Phi) is 5.93. The molecule has 0 spiro atoms. The third kappa shape index (κ3) is 4.09. The lowest BCUT2D eigenvalue weighted by Gasteiger charge is -2.23. The quantitative estimate of drug-likeness (QED) is 0.340. The number of aromatic nitrogens is 2. The van der Waals surface area contributed by atoms with Crippen molar-refractivity contribution in [2.75, 3.05) is 12.0 Å². The first-order valence-electron chi connectivity index (χ1n) is 10.7. The first-order chi connectivity index (χ1) is 16.7. The van der Waals surface area contributed by atoms with Gasteiger partial charge in [-0.2, -0.15) is 9.78 Å². The summed E-state index contributed by atoms with van der Waals surface area (Å²) in [5.41, 5.74) is 1.25. The lowest BCUT2D eigenvalue weighted by molar-refractivity contribution is 0.0980. The number of methoxy groups -OCH3 is 1. The fourth-order valence-corrected chi connectivity index (χ4v) is 4.51. The van der Waals surface area contributed by atoms with Gasteiger partial charge in [0.1, 0.15) is 5.75 Å². The number of para-hydroxylation sites is 1. The van der Waals surface area contributed by atoms with Crippen molar-refractivity contribution in [3.63, 3.8) is 0 Å². The molecule has 2 aromatic heterocycles. The lowest BCUT2D eigenvalue weighted by atomic mass is 10.1. The smallest absolute Gasteiger partial charge is 0.279 e. The van der Waals surface area contributed by atoms with Gasteiger partial charge in [-0.15, -0.1) is 11.3 Å². The van der Waals surface area contributed by atoms with Gasteiger partial charge >= 0.3 is 0 Å². The van der Waals surface area contributed by atoms with Gasteiger partial charge in [-0.1, -0.05) is 42.5 Å². The Bertz CT molecular complexity index is 1490. The number of ether oxygens (including phenoxy) is 1. The molecule has 0 N–H and O–H groups in total. The first-order valence-corrected chi connectivity index (χ1v) is 11.6. The highest BCUT2D eigenvalue weighted by atomic mass is 32.1. The fourth-order valence-electron chi connectivity index (χ4n) is 3.82. The Labute approximate surface area is 200 Å². The molecule has 0 radical (unpaired) electrons. The maximum absolute atomic E-state index is 14.1. The molecule has 0 aliphatic carbocycles. The Morgan fingerprint density at radius 1 is 0.912 bits per heavy atom. The zero-order chi connectivity index (χ0) is 23.5. The molecule has 0 saturated carbocycles. The largest absolute Gasteiger partial charge is 0.497 e. The number of fused-ring (bicyclic) bond motifs is 1. The van der Waals surface area contributed by atoms with E-state index < -0.39 is 0 Å². The molecule has 5 rings (SSSR count). The van der Waals surface area contributed by atoms with Crippen molar-refractivity contribution < 1.29 is 9.53 Å². The van der Waals surface area contributed by atoms with Crippen LogP contribution >= 0.6 is 11.3 Å². The van der Waals surface area contributed by atoms with Gasteiger partial charge < -0.3 is 9.64 Å². The van der Waals surface area contributed by atoms with E-state index in [1.54, 1.807) is 53.7 Å². The number of thiophene rings is 1. The van der Waals surface area contributed by atoms with Crippen molar-refractivity contribution in [3.05, 3.63) is 117 Å². The molecule has 0 bridgehead atoms. The summed E-state index contributed by atoms with van der Waals surface area (Å²) in [6.07, 6.45) is 0. The van der Waals surface area contributed by atoms with E-state index in [0.29, 0.717) is 34.4 Å². The van der Waals surface area contributed by atoms with Crippen LogP contribution in [0.15, 0.2) is 101 Å². The summed E-state index contributed by atoms with van der Waals surface area (Å²) >= 11 is 1.58. The maximum atomic E-state index is 14.1. The number of benzene rings is 3. The molecule has 7 heteroatoms. The molecular weight excluding hydrogens is 446 g/mol. The molecular formula is C27H21N3O3S. The summed E-state index contributed by atoms with van der Waals surface area (Å²) in [4.78, 5) is 30.0. The molecule has 0 aliphatic heterocycles. The molecule has 0 atom stereocenters. The summed E-state index contributed by atoms with van der Waals surface area (Å²) in [6.45, 7) is 0.378. The zero-order valence-electron chi connectivity index (χ0n) is 18.4.